The van der Waals surface area contributed by atoms with Crippen molar-refractivity contribution in [3.05, 3.63) is 12.2 Å². The van der Waals surface area contributed by atoms with Gasteiger partial charge in [-0.15, -0.1) is 0 Å². The van der Waals surface area contributed by atoms with Crippen LogP contribution < -0.4 is 0 Å². The van der Waals surface area contributed by atoms with Crippen LogP contribution in [-0.2, 0) is 9.59 Å². The zero-order valence-electron chi connectivity index (χ0n) is 16.4. The largest absolute Gasteiger partial charge is 0.342 e. The van der Waals surface area contributed by atoms with Crippen molar-refractivity contribution in [3.63, 3.8) is 0 Å². The van der Waals surface area contributed by atoms with Gasteiger partial charge in [-0.1, -0.05) is 19.1 Å². The smallest absolute Gasteiger partial charge is 0.226 e. The maximum Gasteiger partial charge on any atom is 0.226 e. The van der Waals surface area contributed by atoms with Crippen LogP contribution in [0.5, 0.6) is 0 Å². The quantitative estimate of drug-likeness (QED) is 0.707. The molecule has 2 heterocycles. The number of piperidine rings is 1. The molecule has 5 nitrogen and oxygen atoms in total. The maximum atomic E-state index is 12.6. The van der Waals surface area contributed by atoms with Crippen molar-refractivity contribution in [2.45, 2.75) is 51.9 Å². The molecule has 3 aliphatic rings. The topological polar surface area (TPSA) is 43.9 Å². The van der Waals surface area contributed by atoms with Crippen LogP contribution in [0.4, 0.5) is 0 Å². The minimum Gasteiger partial charge on any atom is -0.342 e. The molecule has 0 radical (unpaired) electrons. The van der Waals surface area contributed by atoms with E-state index in [0.717, 1.165) is 84.3 Å². The number of allylic oxidation sites excluding steroid dienone is 2. The molecule has 5 heteroatoms. The van der Waals surface area contributed by atoms with Crippen LogP contribution in [0, 0.1) is 11.8 Å². The molecular weight excluding hydrogens is 326 g/mol. The summed E-state index contributed by atoms with van der Waals surface area (Å²) in [7, 11) is 0. The average Bonchev–Trinajstić information content (AvgIpc) is 2.72. The Hall–Kier alpha value is -1.36. The van der Waals surface area contributed by atoms with E-state index in [4.69, 9.17) is 0 Å². The van der Waals surface area contributed by atoms with Crippen molar-refractivity contribution in [2.24, 2.45) is 11.8 Å². The van der Waals surface area contributed by atoms with Crippen LogP contribution in [0.25, 0.3) is 0 Å². The molecule has 0 aromatic heterocycles. The van der Waals surface area contributed by atoms with Gasteiger partial charge in [0.2, 0.25) is 11.8 Å². The highest BCUT2D eigenvalue weighted by atomic mass is 16.2. The Kier molecular flexibility index (Phi) is 7.12. The van der Waals surface area contributed by atoms with Gasteiger partial charge in [-0.2, -0.15) is 0 Å². The summed E-state index contributed by atoms with van der Waals surface area (Å²) in [5, 5.41) is 0. The molecule has 2 aliphatic heterocycles. The number of likely N-dealkylation sites (tertiary alicyclic amines) is 1. The second-order valence-corrected chi connectivity index (χ2v) is 8.10. The minimum atomic E-state index is 0.208. The van der Waals surface area contributed by atoms with E-state index in [2.05, 4.69) is 28.9 Å². The monoisotopic (exact) mass is 361 g/mol. The first kappa shape index (κ1) is 19.4. The van der Waals surface area contributed by atoms with E-state index in [1.165, 1.54) is 0 Å². The van der Waals surface area contributed by atoms with E-state index in [1.807, 2.05) is 4.90 Å². The van der Waals surface area contributed by atoms with Gasteiger partial charge in [0.25, 0.3) is 0 Å². The van der Waals surface area contributed by atoms with Gasteiger partial charge in [0.15, 0.2) is 0 Å². The second-order valence-electron chi connectivity index (χ2n) is 8.10. The lowest BCUT2D eigenvalue weighted by atomic mass is 9.89. The van der Waals surface area contributed by atoms with E-state index in [1.54, 1.807) is 0 Å². The van der Waals surface area contributed by atoms with Gasteiger partial charge >= 0.3 is 0 Å². The predicted molar refractivity (Wildman–Crippen MR) is 104 cm³/mol. The van der Waals surface area contributed by atoms with E-state index < -0.39 is 0 Å². The third-order valence-electron chi connectivity index (χ3n) is 6.48. The molecule has 0 saturated carbocycles. The Bertz CT molecular complexity index is 503. The number of likely N-dealkylation sites (N-methyl/N-ethyl adjacent to an activating group) is 1. The highest BCUT2D eigenvalue weighted by molar-refractivity contribution is 5.79. The summed E-state index contributed by atoms with van der Waals surface area (Å²) in [6.45, 7) is 8.82. The lowest BCUT2D eigenvalue weighted by Gasteiger charge is -2.36. The van der Waals surface area contributed by atoms with E-state index in [0.29, 0.717) is 24.2 Å². The molecule has 146 valence electrons. The number of hydrogen-bond acceptors (Lipinski definition) is 3. The normalized spacial score (nSPS) is 25.5. The van der Waals surface area contributed by atoms with Gasteiger partial charge in [0.1, 0.15) is 0 Å². The van der Waals surface area contributed by atoms with Crippen LogP contribution in [0.3, 0.4) is 0 Å². The fraction of sp³-hybridized carbons (Fsp3) is 0.810. The fourth-order valence-electron chi connectivity index (χ4n) is 4.52. The Morgan fingerprint density at radius 3 is 2.27 bits per heavy atom. The molecule has 0 N–H and O–H groups in total. The minimum absolute atomic E-state index is 0.208. The van der Waals surface area contributed by atoms with Crippen LogP contribution in [0.15, 0.2) is 12.2 Å². The standard InChI is InChI=1S/C21H35N3O2/c1-2-22-14-16-23(17-15-22)20(25)9-8-18-10-12-24(13-11-18)21(26)19-6-4-3-5-7-19/h3-4,18-19H,2,5-17H2,1H3/t19-/m0/s1. The van der Waals surface area contributed by atoms with Crippen LogP contribution in [-0.4, -0.2) is 72.3 Å². The molecule has 1 aliphatic carbocycles. The zero-order valence-corrected chi connectivity index (χ0v) is 16.4. The first-order chi connectivity index (χ1) is 12.7. The SMILES string of the molecule is CCN1CCN(C(=O)CCC2CCN(C(=O)[C@H]3CC=CCC3)CC2)CC1. The Morgan fingerprint density at radius 1 is 0.923 bits per heavy atom. The van der Waals surface area contributed by atoms with Crippen LogP contribution >= 0.6 is 0 Å². The molecule has 2 fully saturated rings. The highest BCUT2D eigenvalue weighted by Gasteiger charge is 2.28. The summed E-state index contributed by atoms with van der Waals surface area (Å²) in [5.74, 6) is 1.50. The van der Waals surface area contributed by atoms with E-state index >= 15 is 0 Å². The van der Waals surface area contributed by atoms with Gasteiger partial charge in [-0.05, 0) is 51.0 Å². The fourth-order valence-corrected chi connectivity index (χ4v) is 4.52. The highest BCUT2D eigenvalue weighted by Crippen LogP contribution is 2.26. The lowest BCUT2D eigenvalue weighted by Crippen LogP contribution is -2.48. The molecule has 2 saturated heterocycles. The van der Waals surface area contributed by atoms with E-state index in [-0.39, 0.29) is 5.92 Å². The summed E-state index contributed by atoms with van der Waals surface area (Å²) >= 11 is 0. The van der Waals surface area contributed by atoms with Gasteiger partial charge in [0, 0.05) is 51.6 Å². The first-order valence-electron chi connectivity index (χ1n) is 10.6. The predicted octanol–water partition coefficient (Wildman–Crippen LogP) is 2.53. The number of hydrogen-bond donors (Lipinski definition) is 0. The summed E-state index contributed by atoms with van der Waals surface area (Å²) in [6.07, 6.45) is 11.1. The maximum absolute atomic E-state index is 12.6. The lowest BCUT2D eigenvalue weighted by molar-refractivity contribution is -0.138. The third-order valence-corrected chi connectivity index (χ3v) is 6.48. The Balaban J connectivity index is 1.34. The van der Waals surface area contributed by atoms with Gasteiger partial charge in [-0.3, -0.25) is 9.59 Å². The number of piperazine rings is 1. The molecular formula is C21H35N3O2. The molecule has 3 rings (SSSR count). The molecule has 2 amide bonds. The van der Waals surface area contributed by atoms with Gasteiger partial charge in [-0.25, -0.2) is 0 Å². The van der Waals surface area contributed by atoms with E-state index in [9.17, 15) is 9.59 Å². The van der Waals surface area contributed by atoms with Crippen molar-refractivity contribution in [1.29, 1.82) is 0 Å². The van der Waals surface area contributed by atoms with Crippen molar-refractivity contribution in [2.75, 3.05) is 45.8 Å². The van der Waals surface area contributed by atoms with Crippen LogP contribution in [0.2, 0.25) is 0 Å². The number of carbonyl (C=O) groups excluding carboxylic acids is 2. The zero-order chi connectivity index (χ0) is 18.4. The Labute approximate surface area is 158 Å². The molecule has 0 unspecified atom stereocenters. The Morgan fingerprint density at radius 2 is 1.65 bits per heavy atom. The van der Waals surface area contributed by atoms with Crippen molar-refractivity contribution < 1.29 is 9.59 Å². The molecule has 0 aromatic carbocycles. The number of nitrogens with zero attached hydrogens (tertiary/aromatic N) is 3. The van der Waals surface area contributed by atoms with Crippen molar-refractivity contribution in [1.82, 2.24) is 14.7 Å². The van der Waals surface area contributed by atoms with Crippen molar-refractivity contribution >= 4 is 11.8 Å². The van der Waals surface area contributed by atoms with Gasteiger partial charge in [0.05, 0.1) is 0 Å². The average molecular weight is 362 g/mol. The number of carbonyl (C=O) groups is 2. The molecule has 0 bridgehead atoms. The molecule has 0 spiro atoms. The van der Waals surface area contributed by atoms with Gasteiger partial charge < -0.3 is 14.7 Å². The summed E-state index contributed by atoms with van der Waals surface area (Å²) in [4.78, 5) is 31.6. The molecule has 26 heavy (non-hydrogen) atoms. The first-order valence-corrected chi connectivity index (χ1v) is 10.6. The summed E-state index contributed by atoms with van der Waals surface area (Å²) < 4.78 is 0. The van der Waals surface area contributed by atoms with Crippen LogP contribution in [0.1, 0.15) is 51.9 Å². The molecule has 0 aromatic rings. The number of rotatable bonds is 5. The summed E-state index contributed by atoms with van der Waals surface area (Å²) in [5.41, 5.74) is 0. The van der Waals surface area contributed by atoms with Crippen molar-refractivity contribution in [3.8, 4) is 0 Å². The summed E-state index contributed by atoms with van der Waals surface area (Å²) in [6, 6.07) is 0. The third kappa shape index (κ3) is 5.09. The molecule has 1 atom stereocenters. The number of amides is 2. The second kappa shape index (κ2) is 9.54.